The number of rotatable bonds is 5. The molecule has 162 valence electrons. The number of carboxylic acid groups (broad SMARTS) is 1. The maximum atomic E-state index is 13.5. The van der Waals surface area contributed by atoms with Gasteiger partial charge in [0.2, 0.25) is 0 Å². The van der Waals surface area contributed by atoms with Crippen molar-refractivity contribution in [1.29, 1.82) is 0 Å². The molecule has 1 N–H and O–H groups in total. The lowest BCUT2D eigenvalue weighted by molar-refractivity contribution is -0.139. The summed E-state index contributed by atoms with van der Waals surface area (Å²) in [5.74, 6) is -1.60. The second-order valence-corrected chi connectivity index (χ2v) is 8.11. The maximum absolute atomic E-state index is 13.5. The molecule has 0 fully saturated rings. The predicted molar refractivity (Wildman–Crippen MR) is 120 cm³/mol. The number of carboxylic acids is 1. The molecule has 1 aliphatic rings. The number of esters is 1. The summed E-state index contributed by atoms with van der Waals surface area (Å²) in [6, 6.07) is 15.0. The molecule has 4 rings (SSSR count). The third-order valence-electron chi connectivity index (χ3n) is 5.11. The second-order valence-electron chi connectivity index (χ2n) is 7.11. The normalized spacial score (nSPS) is 15.8. The Morgan fingerprint density at radius 2 is 1.84 bits per heavy atom. The number of aromatic carboxylic acids is 1. The van der Waals surface area contributed by atoms with Crippen LogP contribution in [0.5, 0.6) is 0 Å². The van der Waals surface area contributed by atoms with E-state index in [-0.39, 0.29) is 17.7 Å². The Morgan fingerprint density at radius 1 is 1.16 bits per heavy atom. The third kappa shape index (κ3) is 3.80. The molecule has 3 aromatic rings. The molecule has 1 atom stereocenters. The lowest BCUT2D eigenvalue weighted by atomic mass is 9.96. The molecule has 0 amide bonds. The molecule has 0 aliphatic carbocycles. The molecular formula is C24H20N2O5S. The van der Waals surface area contributed by atoms with E-state index in [1.807, 2.05) is 30.3 Å². The predicted octanol–water partition coefficient (Wildman–Crippen LogP) is 2.50. The Hall–Kier alpha value is -3.78. The Labute approximate surface area is 187 Å². The Bertz CT molecular complexity index is 1420. The molecule has 0 saturated heterocycles. The van der Waals surface area contributed by atoms with Crippen LogP contribution in [0, 0.1) is 0 Å². The first-order valence-electron chi connectivity index (χ1n) is 9.99. The Morgan fingerprint density at radius 3 is 2.53 bits per heavy atom. The van der Waals surface area contributed by atoms with Gasteiger partial charge >= 0.3 is 11.9 Å². The minimum atomic E-state index is -1.08. The molecule has 8 heteroatoms. The minimum Gasteiger partial charge on any atom is -0.478 e. The highest BCUT2D eigenvalue weighted by atomic mass is 32.1. The summed E-state index contributed by atoms with van der Waals surface area (Å²) in [5.41, 5.74) is 1.71. The van der Waals surface area contributed by atoms with Gasteiger partial charge in [0.15, 0.2) is 4.80 Å². The molecule has 0 bridgehead atoms. The minimum absolute atomic E-state index is 0.0985. The van der Waals surface area contributed by atoms with Crippen LogP contribution in [0.1, 0.15) is 41.4 Å². The van der Waals surface area contributed by atoms with Gasteiger partial charge in [-0.05, 0) is 37.1 Å². The lowest BCUT2D eigenvalue weighted by Crippen LogP contribution is -2.39. The molecular weight excluding hydrogens is 428 g/mol. The fraction of sp³-hybridized carbons (Fsp3) is 0.167. The largest absolute Gasteiger partial charge is 0.478 e. The second kappa shape index (κ2) is 8.76. The monoisotopic (exact) mass is 448 g/mol. The van der Waals surface area contributed by atoms with Crippen molar-refractivity contribution in [3.8, 4) is 0 Å². The van der Waals surface area contributed by atoms with Gasteiger partial charge in [-0.1, -0.05) is 59.9 Å². The fourth-order valence-electron chi connectivity index (χ4n) is 3.70. The number of hydrogen-bond acceptors (Lipinski definition) is 6. The zero-order valence-corrected chi connectivity index (χ0v) is 18.3. The number of ether oxygens (including phenoxy) is 1. The van der Waals surface area contributed by atoms with Crippen molar-refractivity contribution in [2.24, 2.45) is 4.99 Å². The van der Waals surface area contributed by atoms with E-state index in [1.54, 1.807) is 38.1 Å². The molecule has 2 heterocycles. The summed E-state index contributed by atoms with van der Waals surface area (Å²) in [4.78, 5) is 42.8. The molecule has 1 unspecified atom stereocenters. The topological polar surface area (TPSA) is 98.0 Å². The van der Waals surface area contributed by atoms with E-state index in [9.17, 15) is 19.5 Å². The van der Waals surface area contributed by atoms with Crippen molar-refractivity contribution in [3.05, 3.63) is 102 Å². The van der Waals surface area contributed by atoms with E-state index in [2.05, 4.69) is 4.99 Å². The summed E-state index contributed by atoms with van der Waals surface area (Å²) in [6.07, 6.45) is 1.55. The van der Waals surface area contributed by atoms with Crippen molar-refractivity contribution in [1.82, 2.24) is 4.57 Å². The number of aromatic nitrogens is 1. The molecule has 0 radical (unpaired) electrons. The lowest BCUT2D eigenvalue weighted by Gasteiger charge is -2.24. The van der Waals surface area contributed by atoms with Gasteiger partial charge < -0.3 is 9.84 Å². The highest BCUT2D eigenvalue weighted by Gasteiger charge is 2.33. The van der Waals surface area contributed by atoms with Crippen LogP contribution in [0.25, 0.3) is 6.08 Å². The number of allylic oxidation sites excluding steroid dienone is 1. The molecule has 32 heavy (non-hydrogen) atoms. The SMILES string of the molecule is CCOC(=O)C1=C(C)N=c2sc(=Cc3ccccc3C(=O)O)c(=O)n2C1c1ccccc1. The van der Waals surface area contributed by atoms with Crippen LogP contribution in [0.15, 0.2) is 75.7 Å². The van der Waals surface area contributed by atoms with Gasteiger partial charge in [-0.2, -0.15) is 0 Å². The fourth-order valence-corrected chi connectivity index (χ4v) is 4.74. The van der Waals surface area contributed by atoms with E-state index in [0.29, 0.717) is 26.2 Å². The number of thiazole rings is 1. The molecule has 0 spiro atoms. The van der Waals surface area contributed by atoms with Crippen molar-refractivity contribution < 1.29 is 19.4 Å². The third-order valence-corrected chi connectivity index (χ3v) is 6.09. The van der Waals surface area contributed by atoms with Crippen LogP contribution in [0.3, 0.4) is 0 Å². The zero-order valence-electron chi connectivity index (χ0n) is 17.4. The average Bonchev–Trinajstić information content (AvgIpc) is 3.08. The highest BCUT2D eigenvalue weighted by molar-refractivity contribution is 7.07. The molecule has 0 saturated carbocycles. The first kappa shape index (κ1) is 21.5. The summed E-state index contributed by atoms with van der Waals surface area (Å²) < 4.78 is 7.07. The Kier molecular flexibility index (Phi) is 5.87. The van der Waals surface area contributed by atoms with E-state index in [1.165, 1.54) is 10.6 Å². The summed E-state index contributed by atoms with van der Waals surface area (Å²) in [6.45, 7) is 3.65. The van der Waals surface area contributed by atoms with Crippen molar-refractivity contribution in [2.45, 2.75) is 19.9 Å². The van der Waals surface area contributed by atoms with Crippen LogP contribution in [-0.4, -0.2) is 28.2 Å². The quantitative estimate of drug-likeness (QED) is 0.605. The van der Waals surface area contributed by atoms with Gasteiger partial charge in [0, 0.05) is 0 Å². The van der Waals surface area contributed by atoms with Crippen LogP contribution >= 0.6 is 11.3 Å². The first-order chi connectivity index (χ1) is 15.4. The van der Waals surface area contributed by atoms with Gasteiger partial charge in [-0.3, -0.25) is 9.36 Å². The number of hydrogen-bond donors (Lipinski definition) is 1. The zero-order chi connectivity index (χ0) is 22.8. The number of nitrogens with zero attached hydrogens (tertiary/aromatic N) is 2. The highest BCUT2D eigenvalue weighted by Crippen LogP contribution is 2.30. The average molecular weight is 449 g/mol. The number of benzene rings is 2. The van der Waals surface area contributed by atoms with E-state index >= 15 is 0 Å². The summed E-state index contributed by atoms with van der Waals surface area (Å²) >= 11 is 1.16. The van der Waals surface area contributed by atoms with Crippen LogP contribution in [0.4, 0.5) is 0 Å². The Balaban J connectivity index is 1.97. The summed E-state index contributed by atoms with van der Waals surface area (Å²) in [5, 5.41) is 9.47. The molecule has 1 aromatic heterocycles. The van der Waals surface area contributed by atoms with Gasteiger partial charge in [0.25, 0.3) is 5.56 Å². The molecule has 2 aromatic carbocycles. The van der Waals surface area contributed by atoms with E-state index in [0.717, 1.165) is 16.9 Å². The molecule has 1 aliphatic heterocycles. The summed E-state index contributed by atoms with van der Waals surface area (Å²) in [7, 11) is 0. The van der Waals surface area contributed by atoms with Gasteiger partial charge in [-0.25, -0.2) is 14.6 Å². The van der Waals surface area contributed by atoms with Crippen molar-refractivity contribution in [3.63, 3.8) is 0 Å². The number of carbonyl (C=O) groups is 2. The van der Waals surface area contributed by atoms with Crippen LogP contribution < -0.4 is 14.9 Å². The standard InChI is InChI=1S/C24H20N2O5S/c1-3-31-23(30)19-14(2)25-24-26(20(19)15-9-5-4-6-10-15)21(27)18(32-24)13-16-11-7-8-12-17(16)22(28)29/h4-13,20H,3H2,1-2H3,(H,28,29). The number of carbonyl (C=O) groups excluding carboxylic acids is 1. The number of fused-ring (bicyclic) bond motifs is 1. The molecule has 7 nitrogen and oxygen atoms in total. The van der Waals surface area contributed by atoms with E-state index < -0.39 is 18.0 Å². The van der Waals surface area contributed by atoms with E-state index in [4.69, 9.17) is 4.74 Å². The van der Waals surface area contributed by atoms with Gasteiger partial charge in [-0.15, -0.1) is 0 Å². The maximum Gasteiger partial charge on any atom is 0.338 e. The smallest absolute Gasteiger partial charge is 0.338 e. The van der Waals surface area contributed by atoms with Gasteiger partial charge in [0.1, 0.15) is 0 Å². The van der Waals surface area contributed by atoms with Crippen molar-refractivity contribution in [2.75, 3.05) is 6.61 Å². The first-order valence-corrected chi connectivity index (χ1v) is 10.8. The van der Waals surface area contributed by atoms with Crippen molar-refractivity contribution >= 4 is 29.4 Å². The van der Waals surface area contributed by atoms with Crippen LogP contribution in [0.2, 0.25) is 0 Å². The van der Waals surface area contributed by atoms with Crippen LogP contribution in [-0.2, 0) is 9.53 Å². The van der Waals surface area contributed by atoms with Gasteiger partial charge in [0.05, 0.1) is 34.0 Å².